The quantitative estimate of drug-likeness (QED) is 0.866. The van der Waals surface area contributed by atoms with Gasteiger partial charge >= 0.3 is 5.97 Å². The maximum absolute atomic E-state index is 11.9. The number of carboxylic acid groups (broad SMARTS) is 1. The molecule has 96 valence electrons. The van der Waals surface area contributed by atoms with E-state index in [0.29, 0.717) is 29.0 Å². The molecule has 4 nitrogen and oxygen atoms in total. The van der Waals surface area contributed by atoms with Crippen LogP contribution in [0.3, 0.4) is 0 Å². The average molecular weight is 333 g/mol. The summed E-state index contributed by atoms with van der Waals surface area (Å²) in [5.74, 6) is -0.661. The molecule has 1 aliphatic rings. The smallest absolute Gasteiger partial charge is 0.337 e. The lowest BCUT2D eigenvalue weighted by atomic mass is 10.1. The Balaban J connectivity index is 2.45. The summed E-state index contributed by atoms with van der Waals surface area (Å²) in [6.45, 7) is 0.464. The van der Waals surface area contributed by atoms with E-state index in [0.717, 1.165) is 0 Å². The van der Waals surface area contributed by atoms with Crippen LogP contribution in [0.1, 0.15) is 16.8 Å². The minimum absolute atomic E-state index is 0.0768. The predicted octanol–water partition coefficient (Wildman–Crippen LogP) is 2.74. The van der Waals surface area contributed by atoms with Gasteiger partial charge in [0.05, 0.1) is 11.3 Å². The van der Waals surface area contributed by atoms with Gasteiger partial charge in [-0.2, -0.15) is 0 Å². The zero-order chi connectivity index (χ0) is 13.3. The molecule has 0 bridgehead atoms. The van der Waals surface area contributed by atoms with Crippen LogP contribution in [0, 0.1) is 5.92 Å². The van der Waals surface area contributed by atoms with Crippen molar-refractivity contribution in [3.05, 3.63) is 28.2 Å². The number of alkyl halides is 1. The molecule has 1 fully saturated rings. The second-order valence-corrected chi connectivity index (χ2v) is 5.33. The Bertz CT molecular complexity index is 506. The minimum Gasteiger partial charge on any atom is -0.478 e. The molecule has 0 aliphatic carbocycles. The van der Waals surface area contributed by atoms with Gasteiger partial charge in [-0.3, -0.25) is 4.79 Å². The van der Waals surface area contributed by atoms with Crippen molar-refractivity contribution < 1.29 is 14.7 Å². The molecule has 1 unspecified atom stereocenters. The number of hydrogen-bond donors (Lipinski definition) is 1. The summed E-state index contributed by atoms with van der Waals surface area (Å²) in [7, 11) is 0. The van der Waals surface area contributed by atoms with Crippen LogP contribution in [0.4, 0.5) is 5.69 Å². The molecule has 18 heavy (non-hydrogen) atoms. The molecule has 1 aromatic carbocycles. The lowest BCUT2D eigenvalue weighted by Crippen LogP contribution is -2.27. The minimum atomic E-state index is -1.05. The molecule has 0 aromatic heterocycles. The van der Waals surface area contributed by atoms with Crippen LogP contribution in [0.5, 0.6) is 0 Å². The van der Waals surface area contributed by atoms with E-state index in [1.807, 2.05) is 0 Å². The molecular weight excluding hydrogens is 321 g/mol. The molecule has 1 aromatic rings. The van der Waals surface area contributed by atoms with Crippen molar-refractivity contribution in [1.82, 2.24) is 0 Å². The van der Waals surface area contributed by atoms with Crippen molar-refractivity contribution in [2.24, 2.45) is 5.92 Å². The van der Waals surface area contributed by atoms with E-state index in [2.05, 4.69) is 15.9 Å². The Labute approximate surface area is 118 Å². The number of hydrogen-bond acceptors (Lipinski definition) is 2. The summed E-state index contributed by atoms with van der Waals surface area (Å²) in [5, 5.41) is 9.17. The number of carbonyl (C=O) groups is 2. The molecule has 0 saturated carbocycles. The first-order chi connectivity index (χ1) is 8.54. The maximum atomic E-state index is 11.9. The van der Waals surface area contributed by atoms with E-state index < -0.39 is 5.97 Å². The van der Waals surface area contributed by atoms with Gasteiger partial charge in [-0.25, -0.2) is 4.79 Å². The van der Waals surface area contributed by atoms with Gasteiger partial charge in [-0.1, -0.05) is 6.07 Å². The Morgan fingerprint density at radius 1 is 1.56 bits per heavy atom. The Morgan fingerprint density at radius 2 is 2.28 bits per heavy atom. The first-order valence-electron chi connectivity index (χ1n) is 5.42. The number of amides is 1. The van der Waals surface area contributed by atoms with Crippen molar-refractivity contribution in [1.29, 1.82) is 0 Å². The van der Waals surface area contributed by atoms with Crippen molar-refractivity contribution in [2.75, 3.05) is 17.3 Å². The maximum Gasteiger partial charge on any atom is 0.337 e. The normalized spacial score (nSPS) is 19.3. The number of para-hydroxylation sites is 1. The third-order valence-corrected chi connectivity index (χ3v) is 3.99. The number of carboxylic acids is 1. The molecule has 1 atom stereocenters. The van der Waals surface area contributed by atoms with Gasteiger partial charge < -0.3 is 10.0 Å². The Morgan fingerprint density at radius 3 is 2.83 bits per heavy atom. The van der Waals surface area contributed by atoms with Gasteiger partial charge in [0.25, 0.3) is 0 Å². The molecule has 1 N–H and O–H groups in total. The third-order valence-electron chi connectivity index (χ3n) is 2.91. The molecule has 1 amide bonds. The van der Waals surface area contributed by atoms with Crippen molar-refractivity contribution in [3.8, 4) is 0 Å². The number of nitrogens with zero attached hydrogens (tertiary/aromatic N) is 1. The lowest BCUT2D eigenvalue weighted by Gasteiger charge is -2.20. The SMILES string of the molecule is O=C(O)c1cccc(Br)c1N1CC(CCl)CC1=O. The van der Waals surface area contributed by atoms with Crippen LogP contribution in [-0.2, 0) is 4.79 Å². The second kappa shape index (κ2) is 5.28. The van der Waals surface area contributed by atoms with E-state index in [9.17, 15) is 14.7 Å². The fourth-order valence-corrected chi connectivity index (χ4v) is 2.85. The van der Waals surface area contributed by atoms with E-state index >= 15 is 0 Å². The number of aromatic carboxylic acids is 1. The predicted molar refractivity (Wildman–Crippen MR) is 72.3 cm³/mol. The number of rotatable bonds is 3. The van der Waals surface area contributed by atoms with Gasteiger partial charge in [-0.15, -0.1) is 11.6 Å². The highest BCUT2D eigenvalue weighted by molar-refractivity contribution is 9.10. The Hall–Kier alpha value is -1.07. The lowest BCUT2D eigenvalue weighted by molar-refractivity contribution is -0.117. The highest BCUT2D eigenvalue weighted by Crippen LogP contribution is 2.34. The number of anilines is 1. The molecule has 1 saturated heterocycles. The van der Waals surface area contributed by atoms with Crippen molar-refractivity contribution in [2.45, 2.75) is 6.42 Å². The molecule has 2 rings (SSSR count). The van der Waals surface area contributed by atoms with Crippen LogP contribution >= 0.6 is 27.5 Å². The summed E-state index contributed by atoms with van der Waals surface area (Å²) >= 11 is 9.07. The summed E-state index contributed by atoms with van der Waals surface area (Å²) in [5.41, 5.74) is 0.538. The highest BCUT2D eigenvalue weighted by Gasteiger charge is 2.33. The van der Waals surface area contributed by atoms with Crippen LogP contribution in [0.25, 0.3) is 0 Å². The van der Waals surface area contributed by atoms with Gasteiger partial charge in [0.1, 0.15) is 0 Å². The largest absolute Gasteiger partial charge is 0.478 e. The van der Waals surface area contributed by atoms with Crippen LogP contribution in [0.15, 0.2) is 22.7 Å². The zero-order valence-electron chi connectivity index (χ0n) is 9.40. The molecule has 1 heterocycles. The molecule has 0 radical (unpaired) electrons. The first kappa shape index (κ1) is 13.4. The number of carbonyl (C=O) groups excluding carboxylic acids is 1. The van der Waals surface area contributed by atoms with Crippen LogP contribution < -0.4 is 4.90 Å². The summed E-state index contributed by atoms with van der Waals surface area (Å²) in [6, 6.07) is 4.85. The van der Waals surface area contributed by atoms with Crippen molar-refractivity contribution >= 4 is 45.1 Å². The molecule has 1 aliphatic heterocycles. The fraction of sp³-hybridized carbons (Fsp3) is 0.333. The van der Waals surface area contributed by atoms with Gasteiger partial charge in [0, 0.05) is 23.3 Å². The average Bonchev–Trinajstić information content (AvgIpc) is 2.70. The Kier molecular flexibility index (Phi) is 3.92. The summed E-state index contributed by atoms with van der Waals surface area (Å²) in [6.07, 6.45) is 0.365. The standard InChI is InChI=1S/C12H11BrClNO3/c13-9-3-1-2-8(12(17)18)11(9)15-6-7(5-14)4-10(15)16/h1-3,7H,4-6H2,(H,17,18). The number of benzene rings is 1. The van der Waals surface area contributed by atoms with Gasteiger partial charge in [-0.05, 0) is 34.0 Å². The molecule has 0 spiro atoms. The summed E-state index contributed by atoms with van der Waals surface area (Å²) in [4.78, 5) is 24.6. The van der Waals surface area contributed by atoms with E-state index in [4.69, 9.17) is 11.6 Å². The van der Waals surface area contributed by atoms with Gasteiger partial charge in [0.15, 0.2) is 0 Å². The topological polar surface area (TPSA) is 57.6 Å². The summed E-state index contributed by atoms with van der Waals surface area (Å²) < 4.78 is 0.603. The second-order valence-electron chi connectivity index (χ2n) is 4.17. The first-order valence-corrected chi connectivity index (χ1v) is 6.75. The molecular formula is C12H11BrClNO3. The highest BCUT2D eigenvalue weighted by atomic mass is 79.9. The van der Waals surface area contributed by atoms with E-state index in [1.165, 1.54) is 11.0 Å². The van der Waals surface area contributed by atoms with E-state index in [-0.39, 0.29) is 17.4 Å². The van der Waals surface area contributed by atoms with Crippen LogP contribution in [0.2, 0.25) is 0 Å². The van der Waals surface area contributed by atoms with E-state index in [1.54, 1.807) is 12.1 Å². The third kappa shape index (κ3) is 2.37. The fourth-order valence-electron chi connectivity index (χ4n) is 2.06. The number of halogens is 2. The zero-order valence-corrected chi connectivity index (χ0v) is 11.7. The monoisotopic (exact) mass is 331 g/mol. The van der Waals surface area contributed by atoms with Gasteiger partial charge in [0.2, 0.25) is 5.91 Å². The van der Waals surface area contributed by atoms with Crippen molar-refractivity contribution in [3.63, 3.8) is 0 Å². The van der Waals surface area contributed by atoms with Crippen LogP contribution in [-0.4, -0.2) is 29.4 Å². The molecule has 6 heteroatoms.